The molecule has 0 radical (unpaired) electrons. The summed E-state index contributed by atoms with van der Waals surface area (Å²) in [5.41, 5.74) is 1.35. The molecular formula is C13H15FN2O3. The molecule has 6 heteroatoms. The minimum Gasteiger partial charge on any atom is -0.480 e. The monoisotopic (exact) mass is 266 g/mol. The summed E-state index contributed by atoms with van der Waals surface area (Å²) >= 11 is 0. The summed E-state index contributed by atoms with van der Waals surface area (Å²) in [5.74, 6) is -0.783. The highest BCUT2D eigenvalue weighted by atomic mass is 19.1. The van der Waals surface area contributed by atoms with Gasteiger partial charge < -0.3 is 14.4 Å². The molecule has 5 nitrogen and oxygen atoms in total. The van der Waals surface area contributed by atoms with Crippen LogP contribution in [-0.4, -0.2) is 27.2 Å². The molecular weight excluding hydrogens is 251 g/mol. The van der Waals surface area contributed by atoms with Crippen LogP contribution in [0.3, 0.4) is 0 Å². The number of rotatable bonds is 5. The Morgan fingerprint density at radius 3 is 2.89 bits per heavy atom. The number of nitrogens with zero attached hydrogens (tertiary/aromatic N) is 2. The predicted molar refractivity (Wildman–Crippen MR) is 67.4 cm³/mol. The zero-order valence-corrected chi connectivity index (χ0v) is 10.8. The van der Waals surface area contributed by atoms with Gasteiger partial charge in [0, 0.05) is 12.1 Å². The van der Waals surface area contributed by atoms with Crippen LogP contribution in [-0.2, 0) is 16.1 Å². The van der Waals surface area contributed by atoms with Gasteiger partial charge in [-0.25, -0.2) is 14.2 Å². The average molecular weight is 266 g/mol. The number of hydrogen-bond acceptors (Lipinski definition) is 3. The third-order valence-electron chi connectivity index (χ3n) is 2.70. The Hall–Kier alpha value is -1.95. The maximum absolute atomic E-state index is 13.2. The van der Waals surface area contributed by atoms with Crippen molar-refractivity contribution in [3.05, 3.63) is 29.8 Å². The van der Waals surface area contributed by atoms with Crippen LogP contribution < -0.4 is 0 Å². The molecule has 1 heterocycles. The van der Waals surface area contributed by atoms with Crippen LogP contribution in [0.1, 0.15) is 25.7 Å². The highest BCUT2D eigenvalue weighted by Gasteiger charge is 2.14. The molecule has 102 valence electrons. The fraction of sp³-hybridized carbons (Fsp3) is 0.385. The lowest BCUT2D eigenvalue weighted by Gasteiger charge is -2.12. The fourth-order valence-electron chi connectivity index (χ4n) is 2.03. The van der Waals surface area contributed by atoms with Crippen molar-refractivity contribution in [2.75, 3.05) is 6.61 Å². The fourth-order valence-corrected chi connectivity index (χ4v) is 2.03. The van der Waals surface area contributed by atoms with Crippen LogP contribution in [0, 0.1) is 5.82 Å². The third kappa shape index (κ3) is 2.90. The molecule has 0 bridgehead atoms. The van der Waals surface area contributed by atoms with E-state index in [4.69, 9.17) is 9.84 Å². The number of carboxylic acid groups (broad SMARTS) is 1. The first-order valence-corrected chi connectivity index (χ1v) is 5.95. The first-order valence-electron chi connectivity index (χ1n) is 5.95. The maximum atomic E-state index is 13.2. The number of aliphatic carboxylic acids is 1. The second kappa shape index (κ2) is 5.36. The van der Waals surface area contributed by atoms with Crippen LogP contribution in [0.4, 0.5) is 4.39 Å². The lowest BCUT2D eigenvalue weighted by molar-refractivity contribution is -0.142. The average Bonchev–Trinajstić information content (AvgIpc) is 2.65. The number of benzene rings is 1. The first-order chi connectivity index (χ1) is 8.99. The molecule has 0 unspecified atom stereocenters. The Bertz CT molecular complexity index is 607. The van der Waals surface area contributed by atoms with Crippen LogP contribution in [0.5, 0.6) is 0 Å². The minimum absolute atomic E-state index is 0.0841. The summed E-state index contributed by atoms with van der Waals surface area (Å²) in [6.07, 6.45) is 0. The van der Waals surface area contributed by atoms with Gasteiger partial charge in [0.1, 0.15) is 24.9 Å². The van der Waals surface area contributed by atoms with Gasteiger partial charge in [0.05, 0.1) is 11.0 Å². The van der Waals surface area contributed by atoms with E-state index >= 15 is 0 Å². The summed E-state index contributed by atoms with van der Waals surface area (Å²) in [6.45, 7) is 3.66. The normalized spacial score (nSPS) is 11.4. The van der Waals surface area contributed by atoms with Crippen molar-refractivity contribution in [1.82, 2.24) is 9.55 Å². The lowest BCUT2D eigenvalue weighted by Crippen LogP contribution is -2.11. The molecule has 0 saturated carbocycles. The second-order valence-electron chi connectivity index (χ2n) is 4.51. The number of imidazole rings is 1. The SMILES string of the molecule is CC(C)n1c(COCC(=O)O)nc2cc(F)ccc21. The van der Waals surface area contributed by atoms with Crippen LogP contribution in [0.25, 0.3) is 11.0 Å². The molecule has 0 amide bonds. The predicted octanol–water partition coefficient (Wildman–Crippen LogP) is 2.36. The van der Waals surface area contributed by atoms with E-state index in [1.54, 1.807) is 6.07 Å². The van der Waals surface area contributed by atoms with Gasteiger partial charge in [-0.1, -0.05) is 0 Å². The van der Waals surface area contributed by atoms with Crippen LogP contribution in [0.15, 0.2) is 18.2 Å². The maximum Gasteiger partial charge on any atom is 0.329 e. The van der Waals surface area contributed by atoms with Gasteiger partial charge >= 0.3 is 5.97 Å². The third-order valence-corrected chi connectivity index (χ3v) is 2.70. The van der Waals surface area contributed by atoms with Gasteiger partial charge in [0.25, 0.3) is 0 Å². The van der Waals surface area contributed by atoms with Crippen molar-refractivity contribution < 1.29 is 19.0 Å². The Labute approximate surface area is 109 Å². The highest BCUT2D eigenvalue weighted by molar-refractivity contribution is 5.76. The molecule has 0 atom stereocenters. The van der Waals surface area contributed by atoms with Crippen molar-refractivity contribution >= 4 is 17.0 Å². The van der Waals surface area contributed by atoms with Gasteiger partial charge in [-0.3, -0.25) is 0 Å². The van der Waals surface area contributed by atoms with Gasteiger partial charge in [0.15, 0.2) is 0 Å². The molecule has 2 rings (SSSR count). The van der Waals surface area contributed by atoms with E-state index in [-0.39, 0.29) is 25.1 Å². The van der Waals surface area contributed by atoms with E-state index in [9.17, 15) is 9.18 Å². The zero-order valence-electron chi connectivity index (χ0n) is 10.8. The molecule has 1 aromatic heterocycles. The van der Waals surface area contributed by atoms with Crippen LogP contribution in [0.2, 0.25) is 0 Å². The van der Waals surface area contributed by atoms with Gasteiger partial charge in [0.2, 0.25) is 0 Å². The van der Waals surface area contributed by atoms with Gasteiger partial charge in [-0.2, -0.15) is 0 Å². The Morgan fingerprint density at radius 2 is 2.26 bits per heavy atom. The van der Waals surface area contributed by atoms with E-state index in [0.717, 1.165) is 5.52 Å². The van der Waals surface area contributed by atoms with Gasteiger partial charge in [-0.05, 0) is 26.0 Å². The topological polar surface area (TPSA) is 64.3 Å². The number of fused-ring (bicyclic) bond motifs is 1. The van der Waals surface area contributed by atoms with Crippen molar-refractivity contribution in [2.45, 2.75) is 26.5 Å². The first kappa shape index (κ1) is 13.5. The Kier molecular flexibility index (Phi) is 3.80. The number of hydrogen-bond donors (Lipinski definition) is 1. The van der Waals surface area contributed by atoms with Crippen molar-refractivity contribution in [3.8, 4) is 0 Å². The van der Waals surface area contributed by atoms with E-state index in [2.05, 4.69) is 4.98 Å². The molecule has 19 heavy (non-hydrogen) atoms. The number of aromatic nitrogens is 2. The molecule has 1 N–H and O–H groups in total. The summed E-state index contributed by atoms with van der Waals surface area (Å²) in [7, 11) is 0. The molecule has 0 saturated heterocycles. The molecule has 0 aliphatic carbocycles. The minimum atomic E-state index is -1.03. The smallest absolute Gasteiger partial charge is 0.329 e. The number of ether oxygens (including phenoxy) is 1. The number of carbonyl (C=O) groups is 1. The van der Waals surface area contributed by atoms with Crippen molar-refractivity contribution in [2.24, 2.45) is 0 Å². The van der Waals surface area contributed by atoms with Crippen molar-refractivity contribution in [3.63, 3.8) is 0 Å². The quantitative estimate of drug-likeness (QED) is 0.902. The van der Waals surface area contributed by atoms with E-state index in [1.807, 2.05) is 18.4 Å². The highest BCUT2D eigenvalue weighted by Crippen LogP contribution is 2.22. The molecule has 0 fully saturated rings. The summed E-state index contributed by atoms with van der Waals surface area (Å²) in [4.78, 5) is 14.7. The number of carboxylic acids is 1. The molecule has 2 aromatic rings. The van der Waals surface area contributed by atoms with E-state index in [0.29, 0.717) is 11.3 Å². The van der Waals surface area contributed by atoms with E-state index < -0.39 is 5.97 Å². The largest absolute Gasteiger partial charge is 0.480 e. The molecule has 0 aliphatic heterocycles. The summed E-state index contributed by atoms with van der Waals surface area (Å²) in [6, 6.07) is 4.52. The van der Waals surface area contributed by atoms with E-state index in [1.165, 1.54) is 12.1 Å². The molecule has 0 spiro atoms. The number of halogens is 1. The molecule has 0 aliphatic rings. The standard InChI is InChI=1S/C13H15FN2O3/c1-8(2)16-11-4-3-9(14)5-10(11)15-12(16)6-19-7-13(17)18/h3-5,8H,6-7H2,1-2H3,(H,17,18). The molecule has 1 aromatic carbocycles. The van der Waals surface area contributed by atoms with Crippen molar-refractivity contribution in [1.29, 1.82) is 0 Å². The summed E-state index contributed by atoms with van der Waals surface area (Å²) in [5, 5.41) is 8.54. The lowest BCUT2D eigenvalue weighted by atomic mass is 10.3. The van der Waals surface area contributed by atoms with Crippen LogP contribution >= 0.6 is 0 Å². The Balaban J connectivity index is 2.36. The zero-order chi connectivity index (χ0) is 14.0. The summed E-state index contributed by atoms with van der Waals surface area (Å²) < 4.78 is 20.1. The second-order valence-corrected chi connectivity index (χ2v) is 4.51. The Morgan fingerprint density at radius 1 is 1.53 bits per heavy atom. The van der Waals surface area contributed by atoms with Gasteiger partial charge in [-0.15, -0.1) is 0 Å².